The molecule has 0 spiro atoms. The van der Waals surface area contributed by atoms with E-state index in [2.05, 4.69) is 35.5 Å². The number of Topliss-reactive ketones (excluding diaryl/α,β-unsaturated/α-hetero) is 1. The molecule has 0 aliphatic carbocycles. The first-order valence-electron chi connectivity index (χ1n) is 8.52. The van der Waals surface area contributed by atoms with Crippen LogP contribution < -0.4 is 0 Å². The molecule has 0 bridgehead atoms. The molecule has 22 heavy (non-hydrogen) atoms. The Morgan fingerprint density at radius 2 is 1.68 bits per heavy atom. The molecular weight excluding hydrogens is 276 g/mol. The Morgan fingerprint density at radius 1 is 1.05 bits per heavy atom. The quantitative estimate of drug-likeness (QED) is 0.506. The van der Waals surface area contributed by atoms with E-state index in [0.29, 0.717) is 18.9 Å². The zero-order valence-corrected chi connectivity index (χ0v) is 14.7. The van der Waals surface area contributed by atoms with Crippen LogP contribution in [-0.2, 0) is 9.53 Å². The Kier molecular flexibility index (Phi) is 9.38. The van der Waals surface area contributed by atoms with Crippen LogP contribution in [0.2, 0.25) is 0 Å². The van der Waals surface area contributed by atoms with Crippen molar-refractivity contribution in [3.05, 3.63) is 0 Å². The molecule has 0 aromatic rings. The summed E-state index contributed by atoms with van der Waals surface area (Å²) >= 11 is 0. The molecule has 0 radical (unpaired) electrons. The van der Waals surface area contributed by atoms with Gasteiger partial charge >= 0.3 is 0 Å². The lowest BCUT2D eigenvalue weighted by atomic mass is 10.1. The highest BCUT2D eigenvalue weighted by Crippen LogP contribution is 2.02. The third-order valence-corrected chi connectivity index (χ3v) is 3.85. The molecule has 1 aliphatic heterocycles. The van der Waals surface area contributed by atoms with Crippen molar-refractivity contribution in [1.29, 1.82) is 0 Å². The third kappa shape index (κ3) is 8.53. The molecule has 0 saturated carbocycles. The van der Waals surface area contributed by atoms with Crippen LogP contribution in [0.3, 0.4) is 0 Å². The fraction of sp³-hybridized carbons (Fsp3) is 0.833. The molecule has 0 atom stereocenters. The zero-order chi connectivity index (χ0) is 16.4. The predicted octanol–water partition coefficient (Wildman–Crippen LogP) is 1.90. The molecule has 0 aromatic heterocycles. The number of carbonyl (C=O) groups is 1. The second-order valence-electron chi connectivity index (χ2n) is 6.58. The largest absolute Gasteiger partial charge is 0.380 e. The highest BCUT2D eigenvalue weighted by molar-refractivity contribution is 5.80. The summed E-state index contributed by atoms with van der Waals surface area (Å²) in [6.07, 6.45) is 0.542. The Labute approximate surface area is 136 Å². The molecule has 1 rings (SSSR count). The number of hydrogen-bond donors (Lipinski definition) is 0. The van der Waals surface area contributed by atoms with Gasteiger partial charge in [-0.05, 0) is 0 Å². The first kappa shape index (κ1) is 19.2. The van der Waals surface area contributed by atoms with E-state index in [-0.39, 0.29) is 11.7 Å². The van der Waals surface area contributed by atoms with Crippen molar-refractivity contribution in [2.75, 3.05) is 52.5 Å². The molecule has 4 heteroatoms. The van der Waals surface area contributed by atoms with Crippen molar-refractivity contribution in [1.82, 2.24) is 9.80 Å². The first-order valence-corrected chi connectivity index (χ1v) is 8.52. The molecule has 0 amide bonds. The lowest BCUT2D eigenvalue weighted by Crippen LogP contribution is -2.47. The maximum absolute atomic E-state index is 11.5. The van der Waals surface area contributed by atoms with Gasteiger partial charge in [-0.3, -0.25) is 14.6 Å². The van der Waals surface area contributed by atoms with Crippen LogP contribution in [0.25, 0.3) is 0 Å². The van der Waals surface area contributed by atoms with Gasteiger partial charge in [0.1, 0.15) is 5.78 Å². The van der Waals surface area contributed by atoms with Crippen LogP contribution >= 0.6 is 0 Å². The zero-order valence-electron chi connectivity index (χ0n) is 14.7. The van der Waals surface area contributed by atoms with Crippen LogP contribution in [0.5, 0.6) is 0 Å². The molecule has 1 fully saturated rings. The van der Waals surface area contributed by atoms with E-state index < -0.39 is 0 Å². The van der Waals surface area contributed by atoms with Gasteiger partial charge in [-0.1, -0.05) is 39.5 Å². The van der Waals surface area contributed by atoms with Crippen LogP contribution in [0.4, 0.5) is 0 Å². The SMILES string of the molecule is CC(C)C#CCN1CCN(CCOCCC(=O)C(C)C)CC1. The van der Waals surface area contributed by atoms with Crippen LogP contribution in [0.15, 0.2) is 0 Å². The van der Waals surface area contributed by atoms with Crippen molar-refractivity contribution in [2.45, 2.75) is 34.1 Å². The van der Waals surface area contributed by atoms with Gasteiger partial charge < -0.3 is 4.74 Å². The summed E-state index contributed by atoms with van der Waals surface area (Å²) in [5.74, 6) is 7.33. The van der Waals surface area contributed by atoms with E-state index in [1.165, 1.54) is 0 Å². The maximum atomic E-state index is 11.5. The van der Waals surface area contributed by atoms with Gasteiger partial charge in [0, 0.05) is 51.0 Å². The summed E-state index contributed by atoms with van der Waals surface area (Å²) in [5.41, 5.74) is 0. The first-order chi connectivity index (χ1) is 10.5. The summed E-state index contributed by atoms with van der Waals surface area (Å²) in [7, 11) is 0. The number of carbonyl (C=O) groups excluding carboxylic acids is 1. The van der Waals surface area contributed by atoms with E-state index >= 15 is 0 Å². The van der Waals surface area contributed by atoms with Crippen molar-refractivity contribution in [3.63, 3.8) is 0 Å². The van der Waals surface area contributed by atoms with Gasteiger partial charge in [-0.2, -0.15) is 0 Å². The van der Waals surface area contributed by atoms with Crippen molar-refractivity contribution >= 4 is 5.78 Å². The molecule has 0 aromatic carbocycles. The lowest BCUT2D eigenvalue weighted by Gasteiger charge is -2.33. The number of piperazine rings is 1. The molecule has 1 saturated heterocycles. The summed E-state index contributed by atoms with van der Waals surface area (Å²) in [4.78, 5) is 16.3. The number of ether oxygens (including phenoxy) is 1. The minimum Gasteiger partial charge on any atom is -0.380 e. The van der Waals surface area contributed by atoms with Gasteiger partial charge in [0.15, 0.2) is 0 Å². The Balaban J connectivity index is 2.04. The maximum Gasteiger partial charge on any atom is 0.137 e. The average molecular weight is 308 g/mol. The fourth-order valence-corrected chi connectivity index (χ4v) is 2.29. The van der Waals surface area contributed by atoms with Crippen LogP contribution in [0, 0.1) is 23.7 Å². The summed E-state index contributed by atoms with van der Waals surface area (Å²) < 4.78 is 5.58. The van der Waals surface area contributed by atoms with Gasteiger partial charge in [-0.15, -0.1) is 0 Å². The number of ketones is 1. The normalized spacial score (nSPS) is 16.8. The summed E-state index contributed by atoms with van der Waals surface area (Å²) in [6.45, 7) is 15.6. The standard InChI is InChI=1S/C18H32N2O2/c1-16(2)6-5-8-19-9-11-20(12-10-19)13-15-22-14-7-18(21)17(3)4/h16-17H,7-15H2,1-4H3. The van der Waals surface area contributed by atoms with Gasteiger partial charge in [0.25, 0.3) is 0 Å². The molecule has 0 N–H and O–H groups in total. The van der Waals surface area contributed by atoms with E-state index in [4.69, 9.17) is 4.74 Å². The van der Waals surface area contributed by atoms with Crippen molar-refractivity contribution in [3.8, 4) is 11.8 Å². The van der Waals surface area contributed by atoms with Crippen molar-refractivity contribution in [2.24, 2.45) is 11.8 Å². The highest BCUT2D eigenvalue weighted by atomic mass is 16.5. The average Bonchev–Trinajstić information content (AvgIpc) is 2.47. The van der Waals surface area contributed by atoms with E-state index in [0.717, 1.165) is 45.9 Å². The second kappa shape index (κ2) is 10.8. The van der Waals surface area contributed by atoms with Crippen molar-refractivity contribution < 1.29 is 9.53 Å². The smallest absolute Gasteiger partial charge is 0.137 e. The second-order valence-corrected chi connectivity index (χ2v) is 6.58. The van der Waals surface area contributed by atoms with E-state index in [1.807, 2.05) is 13.8 Å². The lowest BCUT2D eigenvalue weighted by molar-refractivity contribution is -0.123. The third-order valence-electron chi connectivity index (χ3n) is 3.85. The van der Waals surface area contributed by atoms with Crippen LogP contribution in [-0.4, -0.2) is 68.1 Å². The minimum atomic E-state index is 0.121. The van der Waals surface area contributed by atoms with E-state index in [1.54, 1.807) is 0 Å². The van der Waals surface area contributed by atoms with Gasteiger partial charge in [-0.25, -0.2) is 0 Å². The monoisotopic (exact) mass is 308 g/mol. The molecule has 1 aliphatic rings. The summed E-state index contributed by atoms with van der Waals surface area (Å²) in [6, 6.07) is 0. The molecular formula is C18H32N2O2. The Bertz CT molecular complexity index is 374. The highest BCUT2D eigenvalue weighted by Gasteiger charge is 2.15. The Hall–Kier alpha value is -0.890. The number of rotatable bonds is 8. The van der Waals surface area contributed by atoms with Crippen LogP contribution in [0.1, 0.15) is 34.1 Å². The topological polar surface area (TPSA) is 32.8 Å². The minimum absolute atomic E-state index is 0.121. The molecule has 1 heterocycles. The predicted molar refractivity (Wildman–Crippen MR) is 90.8 cm³/mol. The van der Waals surface area contributed by atoms with E-state index in [9.17, 15) is 4.79 Å². The van der Waals surface area contributed by atoms with Gasteiger partial charge in [0.2, 0.25) is 0 Å². The summed E-state index contributed by atoms with van der Waals surface area (Å²) in [5, 5.41) is 0. The Morgan fingerprint density at radius 3 is 2.27 bits per heavy atom. The van der Waals surface area contributed by atoms with Gasteiger partial charge in [0.05, 0.1) is 19.8 Å². The number of hydrogen-bond acceptors (Lipinski definition) is 4. The molecule has 4 nitrogen and oxygen atoms in total. The molecule has 0 unspecified atom stereocenters. The fourth-order valence-electron chi connectivity index (χ4n) is 2.29. The molecule has 126 valence electrons. The number of nitrogens with zero attached hydrogens (tertiary/aromatic N) is 2.